The molecule has 0 aliphatic rings. The van der Waals surface area contributed by atoms with Gasteiger partial charge in [-0.05, 0) is 30.9 Å². The average Bonchev–Trinajstić information content (AvgIpc) is 2.20. The van der Waals surface area contributed by atoms with Crippen molar-refractivity contribution in [1.29, 1.82) is 5.26 Å². The summed E-state index contributed by atoms with van der Waals surface area (Å²) in [6, 6.07) is 7.78. The lowest BCUT2D eigenvalue weighted by molar-refractivity contribution is 0.287. The van der Waals surface area contributed by atoms with Gasteiger partial charge in [0.1, 0.15) is 11.8 Å². The van der Waals surface area contributed by atoms with Gasteiger partial charge in [-0.3, -0.25) is 0 Å². The van der Waals surface area contributed by atoms with Crippen LogP contribution in [0.5, 0.6) is 5.75 Å². The Morgan fingerprint density at radius 2 is 2.13 bits per heavy atom. The van der Waals surface area contributed by atoms with Crippen molar-refractivity contribution < 1.29 is 4.74 Å². The summed E-state index contributed by atoms with van der Waals surface area (Å²) >= 11 is 0. The van der Waals surface area contributed by atoms with E-state index in [0.717, 1.165) is 17.7 Å². The third kappa shape index (κ3) is 3.28. The number of benzene rings is 1. The van der Waals surface area contributed by atoms with Crippen LogP contribution in [0.15, 0.2) is 18.2 Å². The van der Waals surface area contributed by atoms with Crippen molar-refractivity contribution in [3.8, 4) is 11.8 Å². The molecule has 0 spiro atoms. The highest BCUT2D eigenvalue weighted by atomic mass is 16.5. The van der Waals surface area contributed by atoms with E-state index < -0.39 is 0 Å². The van der Waals surface area contributed by atoms with Crippen LogP contribution in [-0.2, 0) is 0 Å². The molecule has 0 aliphatic carbocycles. The Kier molecular flexibility index (Phi) is 4.17. The maximum absolute atomic E-state index is 8.92. The highest BCUT2D eigenvalue weighted by Crippen LogP contribution is 2.22. The zero-order valence-electron chi connectivity index (χ0n) is 9.58. The van der Waals surface area contributed by atoms with Gasteiger partial charge in [0.25, 0.3) is 0 Å². The van der Waals surface area contributed by atoms with Crippen LogP contribution in [0.4, 0.5) is 0 Å². The second-order valence-corrected chi connectivity index (χ2v) is 4.09. The third-order valence-electron chi connectivity index (χ3n) is 2.27. The molecule has 2 heteroatoms. The van der Waals surface area contributed by atoms with Crippen molar-refractivity contribution in [3.05, 3.63) is 29.3 Å². The molecule has 0 atom stereocenters. The first-order valence-electron chi connectivity index (χ1n) is 5.27. The standard InChI is InChI=1S/C13H17NO/c1-10(2)7-8-15-13-11(3)5-4-6-12(13)9-14/h4-6,10H,7-8H2,1-3H3. The topological polar surface area (TPSA) is 33.0 Å². The summed E-state index contributed by atoms with van der Waals surface area (Å²) < 4.78 is 5.65. The first-order valence-corrected chi connectivity index (χ1v) is 5.27. The summed E-state index contributed by atoms with van der Waals surface area (Å²) in [6.07, 6.45) is 1.01. The van der Waals surface area contributed by atoms with Gasteiger partial charge in [0.05, 0.1) is 12.2 Å². The average molecular weight is 203 g/mol. The SMILES string of the molecule is Cc1cccc(C#N)c1OCCC(C)C. The summed E-state index contributed by atoms with van der Waals surface area (Å²) in [7, 11) is 0. The van der Waals surface area contributed by atoms with E-state index in [4.69, 9.17) is 10.00 Å². The van der Waals surface area contributed by atoms with Gasteiger partial charge in [-0.1, -0.05) is 26.0 Å². The zero-order valence-corrected chi connectivity index (χ0v) is 9.58. The number of hydrogen-bond acceptors (Lipinski definition) is 2. The fourth-order valence-corrected chi connectivity index (χ4v) is 1.33. The summed E-state index contributed by atoms with van der Waals surface area (Å²) in [5, 5.41) is 8.92. The van der Waals surface area contributed by atoms with Crippen LogP contribution in [0.2, 0.25) is 0 Å². The lowest BCUT2D eigenvalue weighted by Crippen LogP contribution is -2.03. The molecule has 0 saturated heterocycles. The number of nitriles is 1. The van der Waals surface area contributed by atoms with Crippen LogP contribution in [-0.4, -0.2) is 6.61 Å². The number of nitrogens with zero attached hydrogens (tertiary/aromatic N) is 1. The molecule has 2 nitrogen and oxygen atoms in total. The molecule has 0 heterocycles. The highest BCUT2D eigenvalue weighted by Gasteiger charge is 2.06. The van der Waals surface area contributed by atoms with Crippen molar-refractivity contribution in [2.75, 3.05) is 6.61 Å². The maximum Gasteiger partial charge on any atom is 0.139 e. The van der Waals surface area contributed by atoms with Crippen LogP contribution in [0.1, 0.15) is 31.4 Å². The van der Waals surface area contributed by atoms with Gasteiger partial charge < -0.3 is 4.74 Å². The van der Waals surface area contributed by atoms with Gasteiger partial charge in [-0.15, -0.1) is 0 Å². The van der Waals surface area contributed by atoms with E-state index in [9.17, 15) is 0 Å². The number of ether oxygens (including phenoxy) is 1. The van der Waals surface area contributed by atoms with Crippen molar-refractivity contribution >= 4 is 0 Å². The van der Waals surface area contributed by atoms with Crippen LogP contribution >= 0.6 is 0 Å². The molecule has 15 heavy (non-hydrogen) atoms. The minimum atomic E-state index is 0.624. The number of hydrogen-bond donors (Lipinski definition) is 0. The van der Waals surface area contributed by atoms with E-state index in [2.05, 4.69) is 19.9 Å². The molecule has 0 aliphatic heterocycles. The van der Waals surface area contributed by atoms with Crippen molar-refractivity contribution in [2.24, 2.45) is 5.92 Å². The molecule has 0 bridgehead atoms. The zero-order chi connectivity index (χ0) is 11.3. The molecule has 80 valence electrons. The fourth-order valence-electron chi connectivity index (χ4n) is 1.33. The molecule has 0 unspecified atom stereocenters. The first kappa shape index (κ1) is 11.6. The molecule has 1 rings (SSSR count). The van der Waals surface area contributed by atoms with Crippen LogP contribution in [0, 0.1) is 24.2 Å². The maximum atomic E-state index is 8.92. The molecular weight excluding hydrogens is 186 g/mol. The molecular formula is C13H17NO. The van der Waals surface area contributed by atoms with Gasteiger partial charge in [0.2, 0.25) is 0 Å². The molecule has 1 aromatic rings. The van der Waals surface area contributed by atoms with Crippen molar-refractivity contribution in [1.82, 2.24) is 0 Å². The molecule has 1 aromatic carbocycles. The Labute approximate surface area is 91.5 Å². The van der Waals surface area contributed by atoms with Crippen LogP contribution in [0.25, 0.3) is 0 Å². The van der Waals surface area contributed by atoms with E-state index in [-0.39, 0.29) is 0 Å². The Bertz CT molecular complexity index is 363. The second-order valence-electron chi connectivity index (χ2n) is 4.09. The highest BCUT2D eigenvalue weighted by molar-refractivity contribution is 5.47. The number of aryl methyl sites for hydroxylation is 1. The summed E-state index contributed by atoms with van der Waals surface area (Å²) in [6.45, 7) is 6.96. The van der Waals surface area contributed by atoms with E-state index in [1.165, 1.54) is 0 Å². The molecule has 0 radical (unpaired) electrons. The van der Waals surface area contributed by atoms with E-state index in [1.807, 2.05) is 19.1 Å². The van der Waals surface area contributed by atoms with Gasteiger partial charge >= 0.3 is 0 Å². The molecule has 0 N–H and O–H groups in total. The molecule has 0 aromatic heterocycles. The number of para-hydroxylation sites is 1. The number of rotatable bonds is 4. The predicted molar refractivity (Wildman–Crippen MR) is 60.8 cm³/mol. The smallest absolute Gasteiger partial charge is 0.139 e. The largest absolute Gasteiger partial charge is 0.492 e. The fraction of sp³-hybridized carbons (Fsp3) is 0.462. The lowest BCUT2D eigenvalue weighted by atomic mass is 10.1. The molecule has 0 saturated carbocycles. The monoisotopic (exact) mass is 203 g/mol. The van der Waals surface area contributed by atoms with Crippen LogP contribution < -0.4 is 4.74 Å². The van der Waals surface area contributed by atoms with Crippen molar-refractivity contribution in [3.63, 3.8) is 0 Å². The minimum Gasteiger partial charge on any atom is -0.492 e. The lowest BCUT2D eigenvalue weighted by Gasteiger charge is -2.11. The van der Waals surface area contributed by atoms with Gasteiger partial charge in [-0.25, -0.2) is 0 Å². The summed E-state index contributed by atoms with van der Waals surface area (Å²) in [4.78, 5) is 0. The summed E-state index contributed by atoms with van der Waals surface area (Å²) in [5.41, 5.74) is 1.65. The third-order valence-corrected chi connectivity index (χ3v) is 2.27. The van der Waals surface area contributed by atoms with E-state index in [0.29, 0.717) is 18.1 Å². The Morgan fingerprint density at radius 3 is 2.73 bits per heavy atom. The van der Waals surface area contributed by atoms with E-state index >= 15 is 0 Å². The van der Waals surface area contributed by atoms with Crippen molar-refractivity contribution in [2.45, 2.75) is 27.2 Å². The van der Waals surface area contributed by atoms with Crippen LogP contribution in [0.3, 0.4) is 0 Å². The molecule has 0 amide bonds. The minimum absolute atomic E-state index is 0.624. The normalized spacial score (nSPS) is 10.1. The predicted octanol–water partition coefficient (Wildman–Crippen LogP) is 3.29. The van der Waals surface area contributed by atoms with Gasteiger partial charge in [-0.2, -0.15) is 5.26 Å². The first-order chi connectivity index (χ1) is 7.15. The molecule has 0 fully saturated rings. The quantitative estimate of drug-likeness (QED) is 0.752. The second kappa shape index (κ2) is 5.41. The van der Waals surface area contributed by atoms with E-state index in [1.54, 1.807) is 6.07 Å². The van der Waals surface area contributed by atoms with Gasteiger partial charge in [0, 0.05) is 0 Å². The van der Waals surface area contributed by atoms with Gasteiger partial charge in [0.15, 0.2) is 0 Å². The summed E-state index contributed by atoms with van der Waals surface area (Å²) in [5.74, 6) is 1.36. The Morgan fingerprint density at radius 1 is 1.40 bits per heavy atom. The Balaban J connectivity index is 2.71. The Hall–Kier alpha value is -1.49.